The average Bonchev–Trinajstić information content (AvgIpc) is 3.03. The second kappa shape index (κ2) is 7.47. The molecule has 0 heterocycles. The van der Waals surface area contributed by atoms with E-state index in [1.807, 2.05) is 0 Å². The van der Waals surface area contributed by atoms with Crippen LogP contribution in [0.2, 0.25) is 0 Å². The second-order valence-electron chi connectivity index (χ2n) is 10.1. The van der Waals surface area contributed by atoms with Crippen molar-refractivity contribution in [1.82, 2.24) is 0 Å². The Balaban J connectivity index is 1.84. The minimum atomic E-state index is -1.60. The van der Waals surface area contributed by atoms with Crippen LogP contribution in [0, 0.1) is 22.7 Å². The van der Waals surface area contributed by atoms with Crippen LogP contribution in [0.15, 0.2) is 23.8 Å². The van der Waals surface area contributed by atoms with Crippen LogP contribution in [-0.2, 0) is 19.1 Å². The molecule has 32 heavy (non-hydrogen) atoms. The number of Topliss-reactive ketones (excluding diaryl/α,β-unsaturated/α-hetero) is 1. The Kier molecular flexibility index (Phi) is 5.51. The summed E-state index contributed by atoms with van der Waals surface area (Å²) in [7, 11) is 0. The molecular weight excluding hydrogens is 439 g/mol. The highest BCUT2D eigenvalue weighted by Crippen LogP contribution is 2.71. The van der Waals surface area contributed by atoms with Crippen LogP contribution >= 0.6 is 11.6 Å². The lowest BCUT2D eigenvalue weighted by Crippen LogP contribution is -2.70. The Morgan fingerprint density at radius 2 is 2.00 bits per heavy atom. The number of hydrogen-bond acceptors (Lipinski definition) is 6. The predicted molar refractivity (Wildman–Crippen MR) is 115 cm³/mol. The third-order valence-electron chi connectivity index (χ3n) is 8.92. The quantitative estimate of drug-likeness (QED) is 0.486. The van der Waals surface area contributed by atoms with E-state index < -0.39 is 57.9 Å². The number of carbonyl (C=O) groups is 3. The number of aliphatic hydroxyl groups is 2. The molecule has 0 bridgehead atoms. The molecule has 0 radical (unpaired) electrons. The molecule has 1 unspecified atom stereocenters. The van der Waals surface area contributed by atoms with Gasteiger partial charge in [0.05, 0.1) is 11.0 Å². The largest absolute Gasteiger partial charge is 0.450 e. The van der Waals surface area contributed by atoms with E-state index in [1.54, 1.807) is 26.8 Å². The van der Waals surface area contributed by atoms with E-state index in [4.69, 9.17) is 16.3 Å². The number of rotatable bonds is 4. The van der Waals surface area contributed by atoms with Gasteiger partial charge in [-0.25, -0.2) is 4.39 Å². The number of ketones is 2. The van der Waals surface area contributed by atoms with Gasteiger partial charge in [0.15, 0.2) is 11.4 Å². The van der Waals surface area contributed by atoms with Crippen molar-refractivity contribution >= 4 is 29.1 Å². The minimum absolute atomic E-state index is 0.00548. The predicted octanol–water partition coefficient (Wildman–Crippen LogP) is 2.83. The number of carbonyl (C=O) groups excluding carboxylic acids is 3. The van der Waals surface area contributed by atoms with Crippen LogP contribution in [0.4, 0.5) is 4.39 Å². The normalized spacial score (nSPS) is 47.2. The van der Waals surface area contributed by atoms with Crippen LogP contribution in [0.5, 0.6) is 0 Å². The molecule has 0 aromatic heterocycles. The fraction of sp³-hybridized carbons (Fsp3) is 0.708. The summed E-state index contributed by atoms with van der Waals surface area (Å²) in [6, 6.07) is 0. The van der Waals surface area contributed by atoms with Crippen LogP contribution < -0.4 is 0 Å². The molecule has 4 rings (SSSR count). The summed E-state index contributed by atoms with van der Waals surface area (Å²) in [6.45, 7) is 4.35. The van der Waals surface area contributed by atoms with Crippen molar-refractivity contribution in [3.8, 4) is 0 Å². The summed E-state index contributed by atoms with van der Waals surface area (Å²) in [5.74, 6) is -2.35. The number of fused-ring (bicyclic) bond motifs is 5. The SMILES string of the molecule is CCC(=O)O[C@@]1(C(=O)CO)CC[C@H]2[C@@H]3CC(F)C4=CC(=O)C=C[C@]4(C)[C@@]3(Cl)[C@@H](O)C[C@@]21C. The summed E-state index contributed by atoms with van der Waals surface area (Å²) >= 11 is 7.26. The summed E-state index contributed by atoms with van der Waals surface area (Å²) in [5, 5.41) is 21.2. The lowest BCUT2D eigenvalue weighted by Gasteiger charge is -2.64. The van der Waals surface area contributed by atoms with E-state index in [9.17, 15) is 24.6 Å². The molecule has 0 aromatic carbocycles. The molecule has 0 spiro atoms. The van der Waals surface area contributed by atoms with E-state index in [2.05, 4.69) is 0 Å². The van der Waals surface area contributed by atoms with Crippen molar-refractivity contribution in [2.24, 2.45) is 22.7 Å². The van der Waals surface area contributed by atoms with Gasteiger partial charge in [0.25, 0.3) is 0 Å². The summed E-state index contributed by atoms with van der Waals surface area (Å²) in [4.78, 5) is 36.0. The van der Waals surface area contributed by atoms with Crippen molar-refractivity contribution in [3.63, 3.8) is 0 Å². The summed E-state index contributed by atoms with van der Waals surface area (Å²) in [6.07, 6.45) is 2.36. The van der Waals surface area contributed by atoms with Gasteiger partial charge in [0.2, 0.25) is 5.78 Å². The topological polar surface area (TPSA) is 101 Å². The molecule has 8 heteroatoms. The van der Waals surface area contributed by atoms with Gasteiger partial charge >= 0.3 is 5.97 Å². The molecule has 0 aromatic rings. The molecule has 0 amide bonds. The fourth-order valence-electron chi connectivity index (χ4n) is 7.27. The van der Waals surface area contributed by atoms with Crippen molar-refractivity contribution in [2.75, 3.05) is 6.61 Å². The number of allylic oxidation sites excluding steroid dienone is 4. The molecule has 8 atom stereocenters. The van der Waals surface area contributed by atoms with Crippen molar-refractivity contribution < 1.29 is 33.7 Å². The minimum Gasteiger partial charge on any atom is -0.450 e. The fourth-order valence-corrected chi connectivity index (χ4v) is 7.76. The zero-order valence-corrected chi connectivity index (χ0v) is 19.3. The third kappa shape index (κ3) is 2.74. The van der Waals surface area contributed by atoms with Crippen LogP contribution in [0.1, 0.15) is 52.9 Å². The van der Waals surface area contributed by atoms with Crippen molar-refractivity contribution in [3.05, 3.63) is 23.8 Å². The highest BCUT2D eigenvalue weighted by molar-refractivity contribution is 6.26. The smallest absolute Gasteiger partial charge is 0.306 e. The number of esters is 1. The van der Waals surface area contributed by atoms with Crippen molar-refractivity contribution in [1.29, 1.82) is 0 Å². The maximum Gasteiger partial charge on any atom is 0.306 e. The molecule has 3 fully saturated rings. The first kappa shape index (κ1) is 23.6. The Labute approximate surface area is 191 Å². The lowest BCUT2D eigenvalue weighted by molar-refractivity contribution is -0.198. The van der Waals surface area contributed by atoms with Crippen LogP contribution in [0.25, 0.3) is 0 Å². The van der Waals surface area contributed by atoms with Gasteiger partial charge in [-0.15, -0.1) is 11.6 Å². The van der Waals surface area contributed by atoms with Crippen LogP contribution in [-0.4, -0.2) is 57.1 Å². The first-order chi connectivity index (χ1) is 14.9. The molecule has 176 valence electrons. The lowest BCUT2D eigenvalue weighted by atomic mass is 9.45. The molecule has 3 saturated carbocycles. The monoisotopic (exact) mass is 468 g/mol. The van der Waals surface area contributed by atoms with Gasteiger partial charge in [0.1, 0.15) is 12.8 Å². The summed E-state index contributed by atoms with van der Waals surface area (Å²) < 4.78 is 21.2. The molecule has 0 aliphatic heterocycles. The Hall–Kier alpha value is -1.57. The van der Waals surface area contributed by atoms with Gasteiger partial charge in [0, 0.05) is 17.3 Å². The van der Waals surface area contributed by atoms with Crippen LogP contribution in [0.3, 0.4) is 0 Å². The molecule has 4 aliphatic rings. The molecule has 4 aliphatic carbocycles. The maximum absolute atomic E-state index is 15.5. The molecular formula is C24H30ClFO6. The Morgan fingerprint density at radius 1 is 1.31 bits per heavy atom. The standard InChI is InChI=1S/C24H30ClFO6/c1-4-20(31)32-23(19(30)12-27)8-6-14-15-10-17(26)16-9-13(28)5-7-21(16,2)24(15,25)18(29)11-22(14,23)3/h5,7,9,14-15,17-18,27,29H,4,6,8,10-12H2,1-3H3/t14-,15-,17?,18-,21-,22-,23+,24-/m0/s1. The zero-order valence-electron chi connectivity index (χ0n) is 18.6. The Bertz CT molecular complexity index is 931. The van der Waals surface area contributed by atoms with Gasteiger partial charge in [-0.2, -0.15) is 0 Å². The molecule has 6 nitrogen and oxygen atoms in total. The number of ether oxygens (including phenoxy) is 1. The van der Waals surface area contributed by atoms with Gasteiger partial charge < -0.3 is 14.9 Å². The van der Waals surface area contributed by atoms with E-state index in [1.165, 1.54) is 12.2 Å². The van der Waals surface area contributed by atoms with E-state index in [-0.39, 0.29) is 43.0 Å². The molecule has 2 N–H and O–H groups in total. The number of hydrogen-bond donors (Lipinski definition) is 2. The van der Waals surface area contributed by atoms with E-state index in [0.717, 1.165) is 0 Å². The number of halogens is 2. The first-order valence-corrected chi connectivity index (χ1v) is 11.6. The van der Waals surface area contributed by atoms with Gasteiger partial charge in [-0.3, -0.25) is 14.4 Å². The third-order valence-corrected chi connectivity index (χ3v) is 9.84. The molecule has 0 saturated heterocycles. The number of alkyl halides is 2. The zero-order chi connectivity index (χ0) is 23.7. The number of aliphatic hydroxyl groups excluding tert-OH is 2. The van der Waals surface area contributed by atoms with E-state index in [0.29, 0.717) is 6.42 Å². The van der Waals surface area contributed by atoms with E-state index >= 15 is 4.39 Å². The highest BCUT2D eigenvalue weighted by atomic mass is 35.5. The Morgan fingerprint density at radius 3 is 2.62 bits per heavy atom. The second-order valence-corrected chi connectivity index (χ2v) is 10.8. The average molecular weight is 469 g/mol. The summed E-state index contributed by atoms with van der Waals surface area (Å²) in [5.41, 5.74) is -3.43. The van der Waals surface area contributed by atoms with Gasteiger partial charge in [-0.05, 0) is 55.2 Å². The van der Waals surface area contributed by atoms with Crippen molar-refractivity contribution in [2.45, 2.75) is 75.6 Å². The highest BCUT2D eigenvalue weighted by Gasteiger charge is 2.75. The maximum atomic E-state index is 15.5. The first-order valence-electron chi connectivity index (χ1n) is 11.2. The van der Waals surface area contributed by atoms with Gasteiger partial charge in [-0.1, -0.05) is 26.8 Å².